The number of rotatable bonds is 4. The summed E-state index contributed by atoms with van der Waals surface area (Å²) in [6, 6.07) is 0. The number of hydrogen-bond donors (Lipinski definition) is 1. The second-order valence-electron chi connectivity index (χ2n) is 2.76. The molecule has 80 valence electrons. The fourth-order valence-corrected chi connectivity index (χ4v) is 1.58. The van der Waals surface area contributed by atoms with Crippen LogP contribution in [0.15, 0.2) is 0 Å². The van der Waals surface area contributed by atoms with Gasteiger partial charge in [-0.1, -0.05) is 5.92 Å². The molecule has 0 amide bonds. The van der Waals surface area contributed by atoms with E-state index in [1.165, 1.54) is 27.6 Å². The van der Waals surface area contributed by atoms with Crippen LogP contribution >= 0.6 is 7.60 Å². The van der Waals surface area contributed by atoms with E-state index < -0.39 is 19.2 Å². The maximum Gasteiger partial charge on any atom is 0.348 e. The summed E-state index contributed by atoms with van der Waals surface area (Å²) in [6.45, 7) is 3.88. The molecule has 0 aliphatic rings. The number of aliphatic carboxylic acids is 1. The molecule has 0 aromatic rings. The average Bonchev–Trinajstić information content (AvgIpc) is 2.03. The zero-order valence-corrected chi connectivity index (χ0v) is 9.42. The van der Waals surface area contributed by atoms with Crippen LogP contribution in [-0.2, 0) is 18.4 Å². The molecule has 2 atom stereocenters. The maximum absolute atomic E-state index is 11.4. The Morgan fingerprint density at radius 1 is 1.57 bits per heavy atom. The Labute approximate surface area is 82.9 Å². The second kappa shape index (κ2) is 4.61. The molecular formula is C8H13O5P. The quantitative estimate of drug-likeness (QED) is 0.571. The van der Waals surface area contributed by atoms with Gasteiger partial charge in [0, 0.05) is 13.8 Å². The molecule has 0 spiro atoms. The minimum Gasteiger partial charge on any atom is -0.478 e. The van der Waals surface area contributed by atoms with Crippen LogP contribution in [0, 0.1) is 11.8 Å². The van der Waals surface area contributed by atoms with E-state index in [4.69, 9.17) is 9.63 Å². The molecule has 0 fully saturated rings. The molecule has 0 aromatic heterocycles. The van der Waals surface area contributed by atoms with E-state index >= 15 is 0 Å². The summed E-state index contributed by atoms with van der Waals surface area (Å²) in [5.74, 6) is 3.43. The summed E-state index contributed by atoms with van der Waals surface area (Å²) < 4.78 is 20.8. The lowest BCUT2D eigenvalue weighted by Crippen LogP contribution is -2.35. The molecule has 0 aliphatic carbocycles. The topological polar surface area (TPSA) is 72.8 Å². The molecule has 0 aliphatic heterocycles. The van der Waals surface area contributed by atoms with E-state index in [1.807, 2.05) is 0 Å². The van der Waals surface area contributed by atoms with Gasteiger partial charge < -0.3 is 9.63 Å². The predicted octanol–water partition coefficient (Wildman–Crippen LogP) is 1.34. The molecule has 6 heteroatoms. The first kappa shape index (κ1) is 13.2. The monoisotopic (exact) mass is 220 g/mol. The average molecular weight is 220 g/mol. The van der Waals surface area contributed by atoms with Gasteiger partial charge >= 0.3 is 13.6 Å². The highest BCUT2D eigenvalue weighted by molar-refractivity contribution is 7.53. The van der Waals surface area contributed by atoms with Crippen molar-refractivity contribution < 1.29 is 23.5 Å². The van der Waals surface area contributed by atoms with E-state index in [9.17, 15) is 9.36 Å². The lowest BCUT2D eigenvalue weighted by molar-refractivity contribution is -0.149. The van der Waals surface area contributed by atoms with Gasteiger partial charge in [-0.05, 0) is 13.8 Å². The van der Waals surface area contributed by atoms with Gasteiger partial charge in [0.05, 0.1) is 0 Å². The molecule has 0 heterocycles. The molecule has 0 rings (SSSR count). The Morgan fingerprint density at radius 3 is 2.36 bits per heavy atom. The standard InChI is InChI=1S/C8H13O5P/c1-5-6-8(2,7(9)10)13-14(4,11)12-3/h1-4H3,(H,9,10). The summed E-state index contributed by atoms with van der Waals surface area (Å²) in [7, 11) is -2.18. The molecule has 14 heavy (non-hydrogen) atoms. The molecule has 0 saturated carbocycles. The van der Waals surface area contributed by atoms with Crippen LogP contribution in [0.2, 0.25) is 0 Å². The fourth-order valence-electron chi connectivity index (χ4n) is 0.723. The van der Waals surface area contributed by atoms with E-state index in [0.717, 1.165) is 0 Å². The molecule has 5 nitrogen and oxygen atoms in total. The van der Waals surface area contributed by atoms with Gasteiger partial charge in [0.2, 0.25) is 5.60 Å². The summed E-state index contributed by atoms with van der Waals surface area (Å²) in [6.07, 6.45) is 0. The summed E-state index contributed by atoms with van der Waals surface area (Å²) in [4.78, 5) is 10.8. The van der Waals surface area contributed by atoms with Crippen molar-refractivity contribution in [2.75, 3.05) is 13.8 Å². The van der Waals surface area contributed by atoms with Crippen molar-refractivity contribution in [3.63, 3.8) is 0 Å². The lowest BCUT2D eigenvalue weighted by Gasteiger charge is -2.22. The van der Waals surface area contributed by atoms with E-state index in [0.29, 0.717) is 0 Å². The smallest absolute Gasteiger partial charge is 0.348 e. The fraction of sp³-hybridized carbons (Fsp3) is 0.625. The zero-order valence-electron chi connectivity index (χ0n) is 8.53. The van der Waals surface area contributed by atoms with Crippen molar-refractivity contribution in [2.24, 2.45) is 0 Å². The first-order valence-corrected chi connectivity index (χ1v) is 5.77. The third-order valence-electron chi connectivity index (χ3n) is 1.45. The van der Waals surface area contributed by atoms with E-state index in [2.05, 4.69) is 16.4 Å². The number of carboxylic acid groups (broad SMARTS) is 1. The number of carbonyl (C=O) groups is 1. The molecule has 0 radical (unpaired) electrons. The lowest BCUT2D eigenvalue weighted by atomic mass is 10.1. The van der Waals surface area contributed by atoms with Crippen LogP contribution in [0.4, 0.5) is 0 Å². The van der Waals surface area contributed by atoms with Crippen molar-refractivity contribution in [1.82, 2.24) is 0 Å². The molecular weight excluding hydrogens is 207 g/mol. The molecule has 0 bridgehead atoms. The van der Waals surface area contributed by atoms with Crippen LogP contribution < -0.4 is 0 Å². The van der Waals surface area contributed by atoms with Crippen molar-refractivity contribution in [3.05, 3.63) is 0 Å². The first-order chi connectivity index (χ1) is 6.27. The van der Waals surface area contributed by atoms with Crippen LogP contribution in [0.1, 0.15) is 13.8 Å². The first-order valence-electron chi connectivity index (χ1n) is 3.79. The summed E-state index contributed by atoms with van der Waals surface area (Å²) in [5.41, 5.74) is -1.80. The van der Waals surface area contributed by atoms with Crippen molar-refractivity contribution in [1.29, 1.82) is 0 Å². The van der Waals surface area contributed by atoms with Crippen molar-refractivity contribution in [3.8, 4) is 11.8 Å². The van der Waals surface area contributed by atoms with Crippen molar-refractivity contribution in [2.45, 2.75) is 19.4 Å². The van der Waals surface area contributed by atoms with Gasteiger partial charge in [-0.3, -0.25) is 9.09 Å². The van der Waals surface area contributed by atoms with Gasteiger partial charge in [-0.2, -0.15) is 0 Å². The molecule has 0 aromatic carbocycles. The van der Waals surface area contributed by atoms with Gasteiger partial charge in [0.25, 0.3) is 0 Å². The summed E-state index contributed by atoms with van der Waals surface area (Å²) >= 11 is 0. The summed E-state index contributed by atoms with van der Waals surface area (Å²) in [5, 5.41) is 8.82. The molecule has 0 saturated heterocycles. The minimum atomic E-state index is -3.36. The predicted molar refractivity (Wildman–Crippen MR) is 51.1 cm³/mol. The Balaban J connectivity index is 4.95. The van der Waals surface area contributed by atoms with Gasteiger partial charge in [-0.15, -0.1) is 5.92 Å². The van der Waals surface area contributed by atoms with Crippen LogP contribution in [0.25, 0.3) is 0 Å². The van der Waals surface area contributed by atoms with Gasteiger partial charge in [-0.25, -0.2) is 4.79 Å². The second-order valence-corrected chi connectivity index (χ2v) is 4.85. The zero-order chi connectivity index (χ0) is 11.4. The van der Waals surface area contributed by atoms with Crippen LogP contribution in [0.5, 0.6) is 0 Å². The molecule has 2 unspecified atom stereocenters. The Kier molecular flexibility index (Phi) is 4.34. The SMILES string of the molecule is CC#CC(C)(OP(C)(=O)OC)C(=O)O. The number of hydrogen-bond acceptors (Lipinski definition) is 4. The highest BCUT2D eigenvalue weighted by atomic mass is 31.2. The Hall–Kier alpha value is -0.820. The van der Waals surface area contributed by atoms with Gasteiger partial charge in [0.1, 0.15) is 0 Å². The normalized spacial score (nSPS) is 18.6. The Morgan fingerprint density at radius 2 is 2.07 bits per heavy atom. The number of carboxylic acids is 1. The highest BCUT2D eigenvalue weighted by Crippen LogP contribution is 2.46. The highest BCUT2D eigenvalue weighted by Gasteiger charge is 2.38. The third kappa shape index (κ3) is 3.51. The van der Waals surface area contributed by atoms with Crippen LogP contribution in [-0.4, -0.2) is 30.5 Å². The van der Waals surface area contributed by atoms with Crippen molar-refractivity contribution >= 4 is 13.6 Å². The maximum atomic E-state index is 11.4. The minimum absolute atomic E-state index is 1.18. The van der Waals surface area contributed by atoms with Crippen LogP contribution in [0.3, 0.4) is 0 Å². The van der Waals surface area contributed by atoms with Gasteiger partial charge in [0.15, 0.2) is 0 Å². The van der Waals surface area contributed by atoms with E-state index in [-0.39, 0.29) is 0 Å². The largest absolute Gasteiger partial charge is 0.478 e. The third-order valence-corrected chi connectivity index (χ3v) is 2.81. The van der Waals surface area contributed by atoms with E-state index in [1.54, 1.807) is 0 Å². The molecule has 1 N–H and O–H groups in total. The Bertz CT molecular complexity index is 326.